The first kappa shape index (κ1) is 14.5. The quantitative estimate of drug-likeness (QED) is 0.591. The molecule has 0 aromatic carbocycles. The Morgan fingerprint density at radius 1 is 1.33 bits per heavy atom. The van der Waals surface area contributed by atoms with E-state index in [1.165, 1.54) is 6.92 Å². The molecule has 3 rings (SSSR count). The Kier molecular flexibility index (Phi) is 2.80. The number of ether oxygens (including phenoxy) is 1. The van der Waals surface area contributed by atoms with E-state index in [9.17, 15) is 14.4 Å². The van der Waals surface area contributed by atoms with Gasteiger partial charge >= 0.3 is 5.97 Å². The van der Waals surface area contributed by atoms with E-state index in [0.29, 0.717) is 5.57 Å². The number of allylic oxidation sites excluding steroid dienone is 1. The lowest BCUT2D eigenvalue weighted by atomic mass is 9.69. The highest BCUT2D eigenvalue weighted by Crippen LogP contribution is 2.77. The van der Waals surface area contributed by atoms with Crippen molar-refractivity contribution in [2.75, 3.05) is 0 Å². The monoisotopic (exact) mass is 290 g/mol. The van der Waals surface area contributed by atoms with Gasteiger partial charge in [0.1, 0.15) is 18.7 Å². The number of rotatable bonds is 3. The second-order valence-corrected chi connectivity index (χ2v) is 7.83. The molecular formula is C17H22O4. The third kappa shape index (κ3) is 1.65. The van der Waals surface area contributed by atoms with Gasteiger partial charge < -0.3 is 9.53 Å². The average molecular weight is 290 g/mol. The molecule has 0 aromatic heterocycles. The van der Waals surface area contributed by atoms with Gasteiger partial charge in [0.2, 0.25) is 0 Å². The van der Waals surface area contributed by atoms with Crippen LogP contribution in [0.1, 0.15) is 40.5 Å². The molecule has 0 N–H and O–H groups in total. The van der Waals surface area contributed by atoms with Gasteiger partial charge in [0.05, 0.1) is 5.41 Å². The van der Waals surface area contributed by atoms with Crippen molar-refractivity contribution in [3.8, 4) is 0 Å². The van der Waals surface area contributed by atoms with Crippen LogP contribution in [0.25, 0.3) is 0 Å². The summed E-state index contributed by atoms with van der Waals surface area (Å²) in [6.45, 7) is 7.72. The molecule has 0 spiro atoms. The Hall–Kier alpha value is -1.45. The standard InChI is InChI=1S/C17H22O4/c1-10(20)21-14-12-5-11(7-18)17(9-19)8-16(17,4)13(12)6-15(14,2)3/h5,7,9,12-14H,6,8H2,1-4H3. The molecule has 0 saturated heterocycles. The van der Waals surface area contributed by atoms with Crippen LogP contribution >= 0.6 is 0 Å². The third-order valence-electron chi connectivity index (χ3n) is 6.20. The fraction of sp³-hybridized carbons (Fsp3) is 0.706. The van der Waals surface area contributed by atoms with E-state index in [2.05, 4.69) is 20.8 Å². The predicted molar refractivity (Wildman–Crippen MR) is 76.3 cm³/mol. The van der Waals surface area contributed by atoms with E-state index in [0.717, 1.165) is 25.4 Å². The molecule has 2 saturated carbocycles. The zero-order valence-corrected chi connectivity index (χ0v) is 13.0. The number of hydrogen-bond donors (Lipinski definition) is 0. The normalized spacial score (nSPS) is 45.9. The zero-order chi connectivity index (χ0) is 15.6. The molecule has 0 heterocycles. The number of carbonyl (C=O) groups is 3. The Morgan fingerprint density at radius 3 is 2.52 bits per heavy atom. The van der Waals surface area contributed by atoms with Gasteiger partial charge in [-0.3, -0.25) is 9.59 Å². The highest BCUT2D eigenvalue weighted by molar-refractivity contribution is 5.89. The highest BCUT2D eigenvalue weighted by Gasteiger charge is 2.75. The number of fused-ring (bicyclic) bond motifs is 3. The van der Waals surface area contributed by atoms with Crippen LogP contribution in [0.15, 0.2) is 11.6 Å². The molecule has 0 aromatic rings. The van der Waals surface area contributed by atoms with Crippen molar-refractivity contribution < 1.29 is 19.1 Å². The van der Waals surface area contributed by atoms with Crippen molar-refractivity contribution in [2.24, 2.45) is 28.1 Å². The van der Waals surface area contributed by atoms with Gasteiger partial charge in [-0.2, -0.15) is 0 Å². The summed E-state index contributed by atoms with van der Waals surface area (Å²) in [6.07, 6.45) is 5.09. The van der Waals surface area contributed by atoms with E-state index in [-0.39, 0.29) is 34.7 Å². The fourth-order valence-electron chi connectivity index (χ4n) is 5.00. The number of esters is 1. The molecule has 114 valence electrons. The minimum atomic E-state index is -0.600. The van der Waals surface area contributed by atoms with Crippen LogP contribution in [-0.4, -0.2) is 24.6 Å². The molecule has 3 aliphatic rings. The van der Waals surface area contributed by atoms with Gasteiger partial charge in [0.15, 0.2) is 0 Å². The van der Waals surface area contributed by atoms with Gasteiger partial charge in [-0.1, -0.05) is 26.8 Å². The SMILES string of the molecule is CC(=O)OC1C2C=C(C=O)C3(C=O)CC3(C)C2CC1(C)C. The molecule has 4 nitrogen and oxygen atoms in total. The van der Waals surface area contributed by atoms with Crippen LogP contribution in [-0.2, 0) is 19.1 Å². The Bertz CT molecular complexity index is 561. The summed E-state index contributed by atoms with van der Waals surface area (Å²) in [6, 6.07) is 0. The molecule has 21 heavy (non-hydrogen) atoms. The summed E-state index contributed by atoms with van der Waals surface area (Å²) in [5.41, 5.74) is -0.333. The smallest absolute Gasteiger partial charge is 0.302 e. The van der Waals surface area contributed by atoms with Crippen molar-refractivity contribution in [3.05, 3.63) is 11.6 Å². The van der Waals surface area contributed by atoms with Crippen molar-refractivity contribution in [1.29, 1.82) is 0 Å². The van der Waals surface area contributed by atoms with Gasteiger partial charge in [-0.15, -0.1) is 0 Å². The van der Waals surface area contributed by atoms with Crippen molar-refractivity contribution in [3.63, 3.8) is 0 Å². The Morgan fingerprint density at radius 2 is 2.00 bits per heavy atom. The van der Waals surface area contributed by atoms with Crippen molar-refractivity contribution >= 4 is 18.5 Å². The molecule has 0 aliphatic heterocycles. The lowest BCUT2D eigenvalue weighted by Gasteiger charge is -2.35. The van der Waals surface area contributed by atoms with Crippen LogP contribution < -0.4 is 0 Å². The third-order valence-corrected chi connectivity index (χ3v) is 6.20. The molecule has 0 amide bonds. The Balaban J connectivity index is 2.06. The van der Waals surface area contributed by atoms with E-state index >= 15 is 0 Å². The van der Waals surface area contributed by atoms with E-state index in [1.54, 1.807) is 0 Å². The minimum Gasteiger partial charge on any atom is -0.461 e. The maximum atomic E-state index is 11.6. The largest absolute Gasteiger partial charge is 0.461 e. The first-order valence-electron chi connectivity index (χ1n) is 7.53. The number of aldehydes is 2. The summed E-state index contributed by atoms with van der Waals surface area (Å²) < 4.78 is 5.58. The molecule has 5 unspecified atom stereocenters. The second kappa shape index (κ2) is 4.05. The van der Waals surface area contributed by atoms with Crippen LogP contribution in [0.5, 0.6) is 0 Å². The first-order chi connectivity index (χ1) is 9.72. The average Bonchev–Trinajstić information content (AvgIpc) is 2.96. The lowest BCUT2D eigenvalue weighted by Crippen LogP contribution is -2.37. The predicted octanol–water partition coefficient (Wildman–Crippen LogP) is 2.31. The molecule has 4 heteroatoms. The summed E-state index contributed by atoms with van der Waals surface area (Å²) in [5.74, 6) is 0.0263. The topological polar surface area (TPSA) is 60.4 Å². The molecular weight excluding hydrogens is 268 g/mol. The van der Waals surface area contributed by atoms with Crippen molar-refractivity contribution in [1.82, 2.24) is 0 Å². The van der Waals surface area contributed by atoms with Gasteiger partial charge in [-0.25, -0.2) is 0 Å². The van der Waals surface area contributed by atoms with Crippen LogP contribution in [0.4, 0.5) is 0 Å². The highest BCUT2D eigenvalue weighted by atomic mass is 16.5. The van der Waals surface area contributed by atoms with Crippen LogP contribution in [0.2, 0.25) is 0 Å². The maximum Gasteiger partial charge on any atom is 0.302 e. The minimum absolute atomic E-state index is 0.0321. The maximum absolute atomic E-state index is 11.6. The fourth-order valence-corrected chi connectivity index (χ4v) is 5.00. The van der Waals surface area contributed by atoms with Gasteiger partial charge in [0, 0.05) is 23.8 Å². The van der Waals surface area contributed by atoms with E-state index < -0.39 is 5.41 Å². The zero-order valence-electron chi connectivity index (χ0n) is 13.0. The Labute approximate surface area is 124 Å². The van der Waals surface area contributed by atoms with Crippen molar-refractivity contribution in [2.45, 2.75) is 46.6 Å². The van der Waals surface area contributed by atoms with E-state index in [1.807, 2.05) is 6.08 Å². The first-order valence-corrected chi connectivity index (χ1v) is 7.53. The summed E-state index contributed by atoms with van der Waals surface area (Å²) in [7, 11) is 0. The molecule has 0 radical (unpaired) electrons. The van der Waals surface area contributed by atoms with Crippen LogP contribution in [0, 0.1) is 28.1 Å². The summed E-state index contributed by atoms with van der Waals surface area (Å²) in [4.78, 5) is 34.5. The number of hydrogen-bond acceptors (Lipinski definition) is 4. The van der Waals surface area contributed by atoms with Gasteiger partial charge in [0.25, 0.3) is 0 Å². The second-order valence-electron chi connectivity index (χ2n) is 7.83. The lowest BCUT2D eigenvalue weighted by molar-refractivity contribution is -0.153. The molecule has 0 bridgehead atoms. The van der Waals surface area contributed by atoms with Gasteiger partial charge in [-0.05, 0) is 24.2 Å². The molecule has 2 fully saturated rings. The summed E-state index contributed by atoms with van der Waals surface area (Å²) >= 11 is 0. The number of carbonyl (C=O) groups excluding carboxylic acids is 3. The molecule has 5 atom stereocenters. The summed E-state index contributed by atoms with van der Waals surface area (Å²) in [5, 5.41) is 0. The van der Waals surface area contributed by atoms with E-state index in [4.69, 9.17) is 4.74 Å². The molecule has 3 aliphatic carbocycles. The van der Waals surface area contributed by atoms with Crippen LogP contribution in [0.3, 0.4) is 0 Å².